The van der Waals surface area contributed by atoms with E-state index in [2.05, 4.69) is 0 Å². The molecular formula is C11H13NO2. The van der Waals surface area contributed by atoms with E-state index in [1.165, 1.54) is 0 Å². The van der Waals surface area contributed by atoms with Crippen LogP contribution in [-0.4, -0.2) is 12.5 Å². The van der Waals surface area contributed by atoms with Crippen molar-refractivity contribution in [1.82, 2.24) is 0 Å². The first-order chi connectivity index (χ1) is 6.75. The lowest BCUT2D eigenvalue weighted by atomic mass is 10.1. The Balaban J connectivity index is 2.90. The summed E-state index contributed by atoms with van der Waals surface area (Å²) in [4.78, 5) is 11.0. The Hall–Kier alpha value is -1.77. The topological polar surface area (TPSA) is 52.3 Å². The van der Waals surface area contributed by atoms with Crippen LogP contribution in [0.4, 0.5) is 0 Å². The molecule has 0 unspecified atom stereocenters. The summed E-state index contributed by atoms with van der Waals surface area (Å²) in [6, 6.07) is 7.12. The normalized spacial score (nSPS) is 10.4. The van der Waals surface area contributed by atoms with Crippen molar-refractivity contribution in [2.45, 2.75) is 6.92 Å². The molecule has 0 radical (unpaired) electrons. The van der Waals surface area contributed by atoms with Crippen molar-refractivity contribution in [2.24, 2.45) is 5.73 Å². The molecule has 3 nitrogen and oxygen atoms in total. The summed E-state index contributed by atoms with van der Waals surface area (Å²) in [5.74, 6) is -0.429. The molecule has 14 heavy (non-hydrogen) atoms. The Morgan fingerprint density at radius 3 is 2.86 bits per heavy atom. The Morgan fingerprint density at radius 1 is 1.50 bits per heavy atom. The highest BCUT2D eigenvalue weighted by Gasteiger charge is 2.03. The Kier molecular flexibility index (Phi) is 3.73. The second-order valence-corrected chi connectivity index (χ2v) is 2.71. The van der Waals surface area contributed by atoms with Crippen LogP contribution < -0.4 is 5.73 Å². The minimum absolute atomic E-state index is 0.429. The van der Waals surface area contributed by atoms with Crippen LogP contribution in [0.2, 0.25) is 0 Å². The molecular weight excluding hydrogens is 178 g/mol. The van der Waals surface area contributed by atoms with E-state index in [0.717, 1.165) is 5.56 Å². The van der Waals surface area contributed by atoms with Gasteiger partial charge < -0.3 is 10.5 Å². The maximum absolute atomic E-state index is 11.0. The maximum Gasteiger partial charge on any atom is 0.249 e. The van der Waals surface area contributed by atoms with Crippen LogP contribution in [0.3, 0.4) is 0 Å². The molecule has 0 aliphatic rings. The van der Waals surface area contributed by atoms with Gasteiger partial charge in [-0.25, -0.2) is 0 Å². The molecule has 1 aromatic carbocycles. The molecule has 0 aromatic heterocycles. The monoisotopic (exact) mass is 191 g/mol. The number of benzene rings is 1. The molecule has 1 aromatic rings. The molecule has 0 atom stereocenters. The predicted octanol–water partition coefficient (Wildman–Crippen LogP) is 1.79. The molecule has 3 heteroatoms. The van der Waals surface area contributed by atoms with Gasteiger partial charge in [-0.3, -0.25) is 4.79 Å². The van der Waals surface area contributed by atoms with Gasteiger partial charge in [-0.2, -0.15) is 0 Å². The first-order valence-electron chi connectivity index (χ1n) is 4.42. The van der Waals surface area contributed by atoms with Crippen LogP contribution in [0.25, 0.3) is 6.08 Å². The molecule has 0 bridgehead atoms. The number of nitrogens with two attached hydrogens (primary N) is 1. The van der Waals surface area contributed by atoms with E-state index in [1.54, 1.807) is 24.5 Å². The molecule has 0 aliphatic heterocycles. The number of rotatable bonds is 4. The molecule has 74 valence electrons. The average molecular weight is 191 g/mol. The van der Waals surface area contributed by atoms with Crippen molar-refractivity contribution in [3.05, 3.63) is 41.7 Å². The van der Waals surface area contributed by atoms with Crippen molar-refractivity contribution >= 4 is 12.0 Å². The van der Waals surface area contributed by atoms with Crippen LogP contribution in [-0.2, 0) is 4.74 Å². The Bertz CT molecular complexity index is 345. The van der Waals surface area contributed by atoms with Gasteiger partial charge >= 0.3 is 0 Å². The highest BCUT2D eigenvalue weighted by Crippen LogP contribution is 2.09. The largest absolute Gasteiger partial charge is 0.501 e. The van der Waals surface area contributed by atoms with Gasteiger partial charge in [0.1, 0.15) is 0 Å². The summed E-state index contributed by atoms with van der Waals surface area (Å²) < 4.78 is 5.04. The summed E-state index contributed by atoms with van der Waals surface area (Å²) in [6.45, 7) is 2.50. The molecule has 2 N–H and O–H groups in total. The van der Waals surface area contributed by atoms with Crippen LogP contribution in [0.1, 0.15) is 22.8 Å². The number of carbonyl (C=O) groups is 1. The first-order valence-corrected chi connectivity index (χ1v) is 4.42. The van der Waals surface area contributed by atoms with Gasteiger partial charge in [0.05, 0.1) is 12.9 Å². The van der Waals surface area contributed by atoms with Gasteiger partial charge in [-0.15, -0.1) is 0 Å². The molecule has 0 spiro atoms. The Labute approximate surface area is 83.2 Å². The molecule has 0 saturated carbocycles. The zero-order valence-corrected chi connectivity index (χ0v) is 8.07. The zero-order valence-electron chi connectivity index (χ0n) is 8.07. The summed E-state index contributed by atoms with van der Waals surface area (Å²) >= 11 is 0. The number of primary amides is 1. The van der Waals surface area contributed by atoms with E-state index in [9.17, 15) is 4.79 Å². The van der Waals surface area contributed by atoms with E-state index in [-0.39, 0.29) is 0 Å². The fourth-order valence-electron chi connectivity index (χ4n) is 1.08. The highest BCUT2D eigenvalue weighted by atomic mass is 16.5. The lowest BCUT2D eigenvalue weighted by Crippen LogP contribution is -2.12. The van der Waals surface area contributed by atoms with Crippen molar-refractivity contribution in [2.75, 3.05) is 6.61 Å². The number of hydrogen-bond donors (Lipinski definition) is 1. The van der Waals surface area contributed by atoms with Crippen molar-refractivity contribution < 1.29 is 9.53 Å². The van der Waals surface area contributed by atoms with E-state index in [4.69, 9.17) is 10.5 Å². The lowest BCUT2D eigenvalue weighted by Gasteiger charge is -2.00. The van der Waals surface area contributed by atoms with Gasteiger partial charge in [0, 0.05) is 5.56 Å². The van der Waals surface area contributed by atoms with Crippen LogP contribution >= 0.6 is 0 Å². The van der Waals surface area contributed by atoms with E-state index in [0.29, 0.717) is 12.2 Å². The number of hydrogen-bond acceptors (Lipinski definition) is 2. The smallest absolute Gasteiger partial charge is 0.249 e. The second-order valence-electron chi connectivity index (χ2n) is 2.71. The fourth-order valence-corrected chi connectivity index (χ4v) is 1.08. The van der Waals surface area contributed by atoms with E-state index < -0.39 is 5.91 Å². The third-order valence-corrected chi connectivity index (χ3v) is 1.74. The number of amides is 1. The standard InChI is InChI=1S/C11H13NO2/c1-2-14-8-7-9-5-3-4-6-10(9)11(12)13/h3-8H,2H2,1H3,(H2,12,13)/b8-7+. The fraction of sp³-hybridized carbons (Fsp3) is 0.182. The average Bonchev–Trinajstić information content (AvgIpc) is 2.19. The molecule has 1 rings (SSSR count). The number of carbonyl (C=O) groups excluding carboxylic acids is 1. The molecule has 0 aliphatic carbocycles. The third kappa shape index (κ3) is 2.62. The zero-order chi connectivity index (χ0) is 10.4. The van der Waals surface area contributed by atoms with Gasteiger partial charge in [-0.1, -0.05) is 18.2 Å². The van der Waals surface area contributed by atoms with Crippen LogP contribution in [0, 0.1) is 0 Å². The second kappa shape index (κ2) is 5.07. The summed E-state index contributed by atoms with van der Waals surface area (Å²) in [6.07, 6.45) is 3.28. The van der Waals surface area contributed by atoms with Crippen LogP contribution in [0.15, 0.2) is 30.5 Å². The first kappa shape index (κ1) is 10.3. The van der Waals surface area contributed by atoms with Crippen molar-refractivity contribution in [1.29, 1.82) is 0 Å². The summed E-state index contributed by atoms with van der Waals surface area (Å²) in [7, 11) is 0. The van der Waals surface area contributed by atoms with Crippen molar-refractivity contribution in [3.63, 3.8) is 0 Å². The minimum atomic E-state index is -0.429. The summed E-state index contributed by atoms with van der Waals surface area (Å²) in [5, 5.41) is 0. The van der Waals surface area contributed by atoms with Gasteiger partial charge in [0.2, 0.25) is 5.91 Å². The predicted molar refractivity (Wildman–Crippen MR) is 55.6 cm³/mol. The molecule has 1 amide bonds. The van der Waals surface area contributed by atoms with Gasteiger partial charge in [0.25, 0.3) is 0 Å². The Morgan fingerprint density at radius 2 is 2.21 bits per heavy atom. The number of ether oxygens (including phenoxy) is 1. The van der Waals surface area contributed by atoms with Crippen molar-refractivity contribution in [3.8, 4) is 0 Å². The van der Waals surface area contributed by atoms with E-state index >= 15 is 0 Å². The SMILES string of the molecule is CCO/C=C/c1ccccc1C(N)=O. The molecule has 0 fully saturated rings. The lowest BCUT2D eigenvalue weighted by molar-refractivity contribution is 0.1000. The third-order valence-electron chi connectivity index (χ3n) is 1.74. The minimum Gasteiger partial charge on any atom is -0.501 e. The van der Waals surface area contributed by atoms with Crippen LogP contribution in [0.5, 0.6) is 0 Å². The summed E-state index contributed by atoms with van der Waals surface area (Å²) in [5.41, 5.74) is 6.48. The van der Waals surface area contributed by atoms with Gasteiger partial charge in [-0.05, 0) is 24.6 Å². The van der Waals surface area contributed by atoms with E-state index in [1.807, 2.05) is 19.1 Å². The quantitative estimate of drug-likeness (QED) is 0.738. The molecule has 0 saturated heterocycles. The van der Waals surface area contributed by atoms with Gasteiger partial charge in [0.15, 0.2) is 0 Å². The highest BCUT2D eigenvalue weighted by molar-refractivity contribution is 5.96. The maximum atomic E-state index is 11.0. The molecule has 0 heterocycles.